The lowest BCUT2D eigenvalue weighted by atomic mass is 10.1. The largest absolute Gasteiger partial charge is 0.489 e. The second-order valence-electron chi connectivity index (χ2n) is 4.72. The standard InChI is InChI=1S/C14H17FN2O4/c15-10-3-1-2-4-12(10)21-8-7-17-6-5-16-14(20)11(17)9-13(18)19/h1-4,11H,5-9H2,(H,16,20)(H,18,19). The van der Waals surface area contributed by atoms with Crippen molar-refractivity contribution in [2.24, 2.45) is 0 Å². The number of carbonyl (C=O) groups excluding carboxylic acids is 1. The molecule has 1 saturated heterocycles. The van der Waals surface area contributed by atoms with Crippen LogP contribution in [0.5, 0.6) is 5.75 Å². The second-order valence-corrected chi connectivity index (χ2v) is 4.72. The molecular weight excluding hydrogens is 279 g/mol. The van der Waals surface area contributed by atoms with Crippen molar-refractivity contribution >= 4 is 11.9 Å². The Bertz CT molecular complexity index is 523. The lowest BCUT2D eigenvalue weighted by Gasteiger charge is -2.33. The van der Waals surface area contributed by atoms with E-state index in [4.69, 9.17) is 9.84 Å². The normalized spacial score (nSPS) is 19.1. The van der Waals surface area contributed by atoms with Gasteiger partial charge in [-0.2, -0.15) is 0 Å². The van der Waals surface area contributed by atoms with Gasteiger partial charge in [0.05, 0.1) is 12.5 Å². The van der Waals surface area contributed by atoms with Gasteiger partial charge >= 0.3 is 5.97 Å². The molecule has 1 atom stereocenters. The highest BCUT2D eigenvalue weighted by Crippen LogP contribution is 2.15. The third-order valence-electron chi connectivity index (χ3n) is 3.28. The number of rotatable bonds is 6. The number of nitrogens with zero attached hydrogens (tertiary/aromatic N) is 1. The molecule has 6 nitrogen and oxygen atoms in total. The number of hydrogen-bond donors (Lipinski definition) is 2. The van der Waals surface area contributed by atoms with Gasteiger partial charge in [-0.05, 0) is 12.1 Å². The van der Waals surface area contributed by atoms with Crippen molar-refractivity contribution in [3.8, 4) is 5.75 Å². The number of para-hydroxylation sites is 1. The van der Waals surface area contributed by atoms with E-state index >= 15 is 0 Å². The lowest BCUT2D eigenvalue weighted by molar-refractivity contribution is -0.143. The van der Waals surface area contributed by atoms with Crippen molar-refractivity contribution in [3.05, 3.63) is 30.1 Å². The SMILES string of the molecule is O=C(O)CC1C(=O)NCCN1CCOc1ccccc1F. The minimum Gasteiger partial charge on any atom is -0.489 e. The summed E-state index contributed by atoms with van der Waals surface area (Å²) < 4.78 is 18.7. The van der Waals surface area contributed by atoms with E-state index in [-0.39, 0.29) is 24.7 Å². The predicted octanol–water partition coefficient (Wildman–Crippen LogP) is 0.480. The molecule has 2 N–H and O–H groups in total. The average Bonchev–Trinajstić information content (AvgIpc) is 2.44. The minimum absolute atomic E-state index is 0.147. The van der Waals surface area contributed by atoms with Gasteiger partial charge < -0.3 is 15.2 Å². The van der Waals surface area contributed by atoms with Gasteiger partial charge in [0.15, 0.2) is 11.6 Å². The number of halogens is 1. The summed E-state index contributed by atoms with van der Waals surface area (Å²) in [5.74, 6) is -1.63. The fourth-order valence-corrected chi connectivity index (χ4v) is 2.25. The summed E-state index contributed by atoms with van der Waals surface area (Å²) in [6, 6.07) is 5.35. The van der Waals surface area contributed by atoms with Crippen LogP contribution in [0.1, 0.15) is 6.42 Å². The van der Waals surface area contributed by atoms with E-state index < -0.39 is 17.8 Å². The molecule has 114 valence electrons. The van der Waals surface area contributed by atoms with E-state index in [9.17, 15) is 14.0 Å². The number of carboxylic acids is 1. The average molecular weight is 296 g/mol. The van der Waals surface area contributed by atoms with Crippen LogP contribution >= 0.6 is 0 Å². The highest BCUT2D eigenvalue weighted by molar-refractivity contribution is 5.86. The van der Waals surface area contributed by atoms with Crippen molar-refractivity contribution in [2.75, 3.05) is 26.2 Å². The fraction of sp³-hybridized carbons (Fsp3) is 0.429. The van der Waals surface area contributed by atoms with E-state index in [1.54, 1.807) is 17.0 Å². The Morgan fingerprint density at radius 1 is 1.48 bits per heavy atom. The number of hydrogen-bond acceptors (Lipinski definition) is 4. The molecule has 0 spiro atoms. The zero-order chi connectivity index (χ0) is 15.2. The molecule has 0 radical (unpaired) electrons. The summed E-state index contributed by atoms with van der Waals surface area (Å²) in [6.07, 6.45) is -0.258. The van der Waals surface area contributed by atoms with Crippen LogP contribution in [-0.2, 0) is 9.59 Å². The molecule has 2 rings (SSSR count). The molecule has 1 aromatic carbocycles. The van der Waals surface area contributed by atoms with Gasteiger partial charge in [0, 0.05) is 19.6 Å². The first kappa shape index (κ1) is 15.2. The number of ether oxygens (including phenoxy) is 1. The molecule has 1 aromatic rings. The van der Waals surface area contributed by atoms with Crippen LogP contribution in [-0.4, -0.2) is 54.2 Å². The summed E-state index contributed by atoms with van der Waals surface area (Å²) in [5.41, 5.74) is 0. The maximum atomic E-state index is 13.4. The van der Waals surface area contributed by atoms with Crippen LogP contribution < -0.4 is 10.1 Å². The predicted molar refractivity (Wildman–Crippen MR) is 72.5 cm³/mol. The van der Waals surface area contributed by atoms with Gasteiger partial charge in [-0.25, -0.2) is 4.39 Å². The Kier molecular flexibility index (Phi) is 5.10. The van der Waals surface area contributed by atoms with Crippen molar-refractivity contribution in [3.63, 3.8) is 0 Å². The van der Waals surface area contributed by atoms with Crippen molar-refractivity contribution < 1.29 is 23.8 Å². The van der Waals surface area contributed by atoms with Crippen LogP contribution in [0.3, 0.4) is 0 Å². The number of benzene rings is 1. The van der Waals surface area contributed by atoms with E-state index in [1.807, 2.05) is 0 Å². The second kappa shape index (κ2) is 7.03. The molecule has 0 aliphatic carbocycles. The smallest absolute Gasteiger partial charge is 0.305 e. The van der Waals surface area contributed by atoms with Crippen molar-refractivity contribution in [1.82, 2.24) is 10.2 Å². The van der Waals surface area contributed by atoms with Crippen molar-refractivity contribution in [2.45, 2.75) is 12.5 Å². The van der Waals surface area contributed by atoms with Crippen LogP contribution in [0, 0.1) is 5.82 Å². The minimum atomic E-state index is -1.03. The summed E-state index contributed by atoms with van der Waals surface area (Å²) in [7, 11) is 0. The first-order chi connectivity index (χ1) is 10.1. The van der Waals surface area contributed by atoms with Crippen LogP contribution in [0.15, 0.2) is 24.3 Å². The number of nitrogens with one attached hydrogen (secondary N) is 1. The Morgan fingerprint density at radius 3 is 2.95 bits per heavy atom. The number of amides is 1. The molecule has 0 bridgehead atoms. The number of aliphatic carboxylic acids is 1. The summed E-state index contributed by atoms with van der Waals surface area (Å²) in [6.45, 7) is 1.56. The Hall–Kier alpha value is -2.15. The molecule has 1 aliphatic rings. The molecule has 21 heavy (non-hydrogen) atoms. The maximum Gasteiger partial charge on any atom is 0.305 e. The first-order valence-electron chi connectivity index (χ1n) is 6.69. The molecular formula is C14H17FN2O4. The van der Waals surface area contributed by atoms with Gasteiger partial charge in [0.1, 0.15) is 6.61 Å². The van der Waals surface area contributed by atoms with E-state index in [2.05, 4.69) is 5.32 Å². The van der Waals surface area contributed by atoms with Gasteiger partial charge in [0.25, 0.3) is 0 Å². The molecule has 1 unspecified atom stereocenters. The van der Waals surface area contributed by atoms with Crippen LogP contribution in [0.4, 0.5) is 4.39 Å². The summed E-state index contributed by atoms with van der Waals surface area (Å²) in [4.78, 5) is 24.3. The fourth-order valence-electron chi connectivity index (χ4n) is 2.25. The molecule has 0 aromatic heterocycles. The van der Waals surface area contributed by atoms with Gasteiger partial charge in [-0.15, -0.1) is 0 Å². The highest BCUT2D eigenvalue weighted by Gasteiger charge is 2.31. The molecule has 1 heterocycles. The Balaban J connectivity index is 1.89. The number of piperazine rings is 1. The first-order valence-corrected chi connectivity index (χ1v) is 6.69. The van der Waals surface area contributed by atoms with Crippen LogP contribution in [0.25, 0.3) is 0 Å². The Morgan fingerprint density at radius 2 is 2.24 bits per heavy atom. The molecule has 1 aliphatic heterocycles. The maximum absolute atomic E-state index is 13.4. The van der Waals surface area contributed by atoms with E-state index in [0.717, 1.165) is 0 Å². The third kappa shape index (κ3) is 4.16. The number of carbonyl (C=O) groups is 2. The number of carboxylic acid groups (broad SMARTS) is 1. The third-order valence-corrected chi connectivity index (χ3v) is 3.28. The lowest BCUT2D eigenvalue weighted by Crippen LogP contribution is -2.56. The molecule has 1 fully saturated rings. The molecule has 0 saturated carbocycles. The van der Waals surface area contributed by atoms with Gasteiger partial charge in [0.2, 0.25) is 5.91 Å². The van der Waals surface area contributed by atoms with E-state index in [0.29, 0.717) is 19.6 Å². The topological polar surface area (TPSA) is 78.9 Å². The monoisotopic (exact) mass is 296 g/mol. The summed E-state index contributed by atoms with van der Waals surface area (Å²) in [5, 5.41) is 11.5. The zero-order valence-electron chi connectivity index (χ0n) is 11.4. The summed E-state index contributed by atoms with van der Waals surface area (Å²) >= 11 is 0. The van der Waals surface area contributed by atoms with Crippen LogP contribution in [0.2, 0.25) is 0 Å². The Labute approximate surface area is 121 Å². The van der Waals surface area contributed by atoms with Crippen molar-refractivity contribution in [1.29, 1.82) is 0 Å². The van der Waals surface area contributed by atoms with E-state index in [1.165, 1.54) is 12.1 Å². The molecule has 7 heteroatoms. The highest BCUT2D eigenvalue weighted by atomic mass is 19.1. The van der Waals surface area contributed by atoms with Gasteiger partial charge in [-0.3, -0.25) is 14.5 Å². The molecule has 1 amide bonds. The zero-order valence-corrected chi connectivity index (χ0v) is 11.4. The quantitative estimate of drug-likeness (QED) is 0.798. The van der Waals surface area contributed by atoms with Gasteiger partial charge in [-0.1, -0.05) is 12.1 Å².